The number of morpholine rings is 1. The van der Waals surface area contributed by atoms with Gasteiger partial charge in [-0.1, -0.05) is 12.8 Å². The predicted octanol–water partition coefficient (Wildman–Crippen LogP) is 1.88. The highest BCUT2D eigenvalue weighted by Gasteiger charge is 2.22. The zero-order valence-electron chi connectivity index (χ0n) is 11.2. The monoisotopic (exact) mass is 228 g/mol. The van der Waals surface area contributed by atoms with Crippen molar-refractivity contribution in [2.24, 2.45) is 0 Å². The van der Waals surface area contributed by atoms with Gasteiger partial charge in [0.05, 0.1) is 12.7 Å². The minimum atomic E-state index is 0.417. The van der Waals surface area contributed by atoms with Gasteiger partial charge in [-0.3, -0.25) is 4.90 Å². The van der Waals surface area contributed by atoms with Gasteiger partial charge in [0.15, 0.2) is 0 Å². The fraction of sp³-hybridized carbons (Fsp3) is 1.00. The molecule has 1 heterocycles. The Morgan fingerprint density at radius 3 is 2.69 bits per heavy atom. The van der Waals surface area contributed by atoms with E-state index in [-0.39, 0.29) is 0 Å². The fourth-order valence-corrected chi connectivity index (χ4v) is 2.25. The van der Waals surface area contributed by atoms with E-state index >= 15 is 0 Å². The SMILES string of the molecule is CNCCCCCCN1CC(C)OCC1C. The summed E-state index contributed by atoms with van der Waals surface area (Å²) >= 11 is 0. The van der Waals surface area contributed by atoms with Crippen LogP contribution in [0.5, 0.6) is 0 Å². The topological polar surface area (TPSA) is 24.5 Å². The first-order chi connectivity index (χ1) is 7.74. The Bertz CT molecular complexity index is 175. The van der Waals surface area contributed by atoms with Crippen molar-refractivity contribution in [3.63, 3.8) is 0 Å². The number of hydrogen-bond donors (Lipinski definition) is 1. The molecule has 0 saturated carbocycles. The van der Waals surface area contributed by atoms with Crippen molar-refractivity contribution in [3.8, 4) is 0 Å². The molecule has 16 heavy (non-hydrogen) atoms. The third kappa shape index (κ3) is 5.28. The Hall–Kier alpha value is -0.120. The average Bonchev–Trinajstić information content (AvgIpc) is 2.28. The molecule has 0 spiro atoms. The summed E-state index contributed by atoms with van der Waals surface area (Å²) in [7, 11) is 2.02. The Morgan fingerprint density at radius 1 is 1.19 bits per heavy atom. The molecule has 0 aliphatic carbocycles. The molecule has 2 unspecified atom stereocenters. The van der Waals surface area contributed by atoms with Crippen molar-refractivity contribution < 1.29 is 4.74 Å². The number of nitrogens with one attached hydrogen (secondary N) is 1. The number of rotatable bonds is 7. The standard InChI is InChI=1S/C13H28N2O/c1-12-11-16-13(2)10-15(12)9-7-5-4-6-8-14-3/h12-14H,4-11H2,1-3H3. The summed E-state index contributed by atoms with van der Waals surface area (Å²) in [5, 5.41) is 3.19. The largest absolute Gasteiger partial charge is 0.376 e. The molecule has 3 nitrogen and oxygen atoms in total. The second-order valence-electron chi connectivity index (χ2n) is 5.01. The number of hydrogen-bond acceptors (Lipinski definition) is 3. The van der Waals surface area contributed by atoms with Gasteiger partial charge in [0.2, 0.25) is 0 Å². The second kappa shape index (κ2) is 8.04. The highest BCUT2D eigenvalue weighted by atomic mass is 16.5. The van der Waals surface area contributed by atoms with E-state index in [9.17, 15) is 0 Å². The highest BCUT2D eigenvalue weighted by Crippen LogP contribution is 2.12. The number of nitrogens with zero attached hydrogens (tertiary/aromatic N) is 1. The number of ether oxygens (including phenoxy) is 1. The molecule has 1 aliphatic rings. The van der Waals surface area contributed by atoms with Crippen molar-refractivity contribution in [2.75, 3.05) is 33.3 Å². The van der Waals surface area contributed by atoms with Crippen LogP contribution in [0.3, 0.4) is 0 Å². The second-order valence-corrected chi connectivity index (χ2v) is 5.01. The van der Waals surface area contributed by atoms with Crippen molar-refractivity contribution in [1.29, 1.82) is 0 Å². The van der Waals surface area contributed by atoms with Gasteiger partial charge in [-0.25, -0.2) is 0 Å². The molecule has 1 fully saturated rings. The van der Waals surface area contributed by atoms with E-state index < -0.39 is 0 Å². The summed E-state index contributed by atoms with van der Waals surface area (Å²) < 4.78 is 5.63. The van der Waals surface area contributed by atoms with Crippen molar-refractivity contribution in [3.05, 3.63) is 0 Å². The molecule has 2 atom stereocenters. The molecular formula is C13H28N2O. The van der Waals surface area contributed by atoms with Crippen molar-refractivity contribution in [1.82, 2.24) is 10.2 Å². The van der Waals surface area contributed by atoms with Crippen LogP contribution in [0.15, 0.2) is 0 Å². The van der Waals surface area contributed by atoms with E-state index in [1.807, 2.05) is 7.05 Å². The van der Waals surface area contributed by atoms with Gasteiger partial charge >= 0.3 is 0 Å². The van der Waals surface area contributed by atoms with Gasteiger partial charge in [0.25, 0.3) is 0 Å². The maximum atomic E-state index is 5.63. The Kier molecular flexibility index (Phi) is 7.01. The molecule has 0 aromatic heterocycles. The summed E-state index contributed by atoms with van der Waals surface area (Å²) in [5.41, 5.74) is 0. The molecule has 1 aliphatic heterocycles. The van der Waals surface area contributed by atoms with Gasteiger partial charge in [0, 0.05) is 12.6 Å². The fourth-order valence-electron chi connectivity index (χ4n) is 2.25. The predicted molar refractivity (Wildman–Crippen MR) is 68.8 cm³/mol. The van der Waals surface area contributed by atoms with Crippen LogP contribution in [0.25, 0.3) is 0 Å². The molecule has 0 bridgehead atoms. The third-order valence-corrected chi connectivity index (χ3v) is 3.36. The van der Waals surface area contributed by atoms with Crippen LogP contribution in [0, 0.1) is 0 Å². The summed E-state index contributed by atoms with van der Waals surface area (Å²) in [6.07, 6.45) is 5.78. The van der Waals surface area contributed by atoms with E-state index in [4.69, 9.17) is 4.74 Å². The lowest BCUT2D eigenvalue weighted by molar-refractivity contribution is -0.0496. The van der Waals surface area contributed by atoms with Crippen molar-refractivity contribution in [2.45, 2.75) is 51.7 Å². The molecule has 1 N–H and O–H groups in total. The van der Waals surface area contributed by atoms with Gasteiger partial charge in [-0.15, -0.1) is 0 Å². The van der Waals surface area contributed by atoms with Crippen molar-refractivity contribution >= 4 is 0 Å². The maximum absolute atomic E-state index is 5.63. The molecule has 96 valence electrons. The highest BCUT2D eigenvalue weighted by molar-refractivity contribution is 4.74. The van der Waals surface area contributed by atoms with Gasteiger partial charge in [-0.2, -0.15) is 0 Å². The van der Waals surface area contributed by atoms with Gasteiger partial charge in [0.1, 0.15) is 0 Å². The molecule has 0 aromatic carbocycles. The molecule has 1 saturated heterocycles. The minimum Gasteiger partial charge on any atom is -0.376 e. The lowest BCUT2D eigenvalue weighted by Crippen LogP contribution is -2.47. The van der Waals surface area contributed by atoms with Gasteiger partial charge < -0.3 is 10.1 Å². The minimum absolute atomic E-state index is 0.417. The van der Waals surface area contributed by atoms with Crippen LogP contribution in [-0.4, -0.2) is 50.3 Å². The van der Waals surface area contributed by atoms with E-state index in [1.165, 1.54) is 32.2 Å². The van der Waals surface area contributed by atoms with E-state index in [1.54, 1.807) is 0 Å². The molecule has 1 rings (SSSR count). The molecule has 0 aromatic rings. The average molecular weight is 228 g/mol. The van der Waals surface area contributed by atoms with Crippen LogP contribution in [0.1, 0.15) is 39.5 Å². The van der Waals surface area contributed by atoms with Crippen LogP contribution in [0.4, 0.5) is 0 Å². The Balaban J connectivity index is 2.02. The lowest BCUT2D eigenvalue weighted by Gasteiger charge is -2.36. The van der Waals surface area contributed by atoms with Crippen LogP contribution >= 0.6 is 0 Å². The maximum Gasteiger partial charge on any atom is 0.0674 e. The first kappa shape index (κ1) is 13.9. The van der Waals surface area contributed by atoms with E-state index in [0.717, 1.165) is 19.7 Å². The van der Waals surface area contributed by atoms with E-state index in [2.05, 4.69) is 24.1 Å². The van der Waals surface area contributed by atoms with Crippen LogP contribution in [0.2, 0.25) is 0 Å². The summed E-state index contributed by atoms with van der Waals surface area (Å²) in [6, 6.07) is 0.605. The van der Waals surface area contributed by atoms with Gasteiger partial charge in [-0.05, 0) is 46.8 Å². The summed E-state index contributed by atoms with van der Waals surface area (Å²) in [6.45, 7) is 8.86. The first-order valence-corrected chi connectivity index (χ1v) is 6.74. The molecular weight excluding hydrogens is 200 g/mol. The Morgan fingerprint density at radius 2 is 1.94 bits per heavy atom. The normalized spacial score (nSPS) is 27.2. The van der Waals surface area contributed by atoms with Crippen LogP contribution in [-0.2, 0) is 4.74 Å². The Labute approximate surface area is 101 Å². The van der Waals surface area contributed by atoms with Crippen LogP contribution < -0.4 is 5.32 Å². The third-order valence-electron chi connectivity index (χ3n) is 3.36. The lowest BCUT2D eigenvalue weighted by atomic mass is 10.1. The smallest absolute Gasteiger partial charge is 0.0674 e. The molecule has 3 heteroatoms. The zero-order chi connectivity index (χ0) is 11.8. The molecule has 0 amide bonds. The van der Waals surface area contributed by atoms with E-state index in [0.29, 0.717) is 12.1 Å². The quantitative estimate of drug-likeness (QED) is 0.673. The number of unbranched alkanes of at least 4 members (excludes halogenated alkanes) is 3. The first-order valence-electron chi connectivity index (χ1n) is 6.74. The summed E-state index contributed by atoms with van der Waals surface area (Å²) in [4.78, 5) is 2.58. The summed E-state index contributed by atoms with van der Waals surface area (Å²) in [5.74, 6) is 0. The molecule has 0 radical (unpaired) electrons. The zero-order valence-corrected chi connectivity index (χ0v) is 11.2.